The van der Waals surface area contributed by atoms with Crippen LogP contribution in [0.25, 0.3) is 0 Å². The zero-order valence-corrected chi connectivity index (χ0v) is 7.35. The van der Waals surface area contributed by atoms with Crippen molar-refractivity contribution in [1.82, 2.24) is 5.32 Å². The van der Waals surface area contributed by atoms with Crippen LogP contribution in [-0.2, 0) is 0 Å². The molecule has 10 heavy (non-hydrogen) atoms. The fourth-order valence-electron chi connectivity index (χ4n) is 1.06. The lowest BCUT2D eigenvalue weighted by atomic mass is 9.99. The summed E-state index contributed by atoms with van der Waals surface area (Å²) in [6.45, 7) is 8.32. The predicted octanol–water partition coefficient (Wildman–Crippen LogP) is 0.969. The maximum atomic E-state index is 5.57. The van der Waals surface area contributed by atoms with Crippen LogP contribution in [0.1, 0.15) is 27.2 Å². The Morgan fingerprint density at radius 1 is 1.40 bits per heavy atom. The summed E-state index contributed by atoms with van der Waals surface area (Å²) in [6.07, 6.45) is 1.20. The second-order valence-corrected chi connectivity index (χ2v) is 2.79. The highest BCUT2D eigenvalue weighted by molar-refractivity contribution is 4.71. The first kappa shape index (κ1) is 9.92. The Morgan fingerprint density at radius 2 is 2.00 bits per heavy atom. The van der Waals surface area contributed by atoms with Gasteiger partial charge in [-0.1, -0.05) is 27.2 Å². The van der Waals surface area contributed by atoms with Crippen molar-refractivity contribution in [3.63, 3.8) is 0 Å². The van der Waals surface area contributed by atoms with Gasteiger partial charge in [-0.25, -0.2) is 0 Å². The van der Waals surface area contributed by atoms with Gasteiger partial charge in [-0.15, -0.1) is 0 Å². The molecule has 0 bridgehead atoms. The molecule has 0 amide bonds. The van der Waals surface area contributed by atoms with Crippen LogP contribution in [0.4, 0.5) is 0 Å². The molecule has 0 aliphatic carbocycles. The molecule has 0 radical (unpaired) electrons. The maximum absolute atomic E-state index is 5.57. The molecule has 0 rings (SSSR count). The van der Waals surface area contributed by atoms with Gasteiger partial charge in [-0.2, -0.15) is 0 Å². The summed E-state index contributed by atoms with van der Waals surface area (Å²) in [5, 5.41) is 3.36. The van der Waals surface area contributed by atoms with E-state index >= 15 is 0 Å². The number of nitrogens with one attached hydrogen (secondary N) is 1. The summed E-state index contributed by atoms with van der Waals surface area (Å²) in [7, 11) is 0. The molecule has 0 fully saturated rings. The summed E-state index contributed by atoms with van der Waals surface area (Å²) in [5.41, 5.74) is 5.57. The van der Waals surface area contributed by atoms with Crippen LogP contribution < -0.4 is 11.1 Å². The van der Waals surface area contributed by atoms with Gasteiger partial charge in [-0.3, -0.25) is 0 Å². The van der Waals surface area contributed by atoms with E-state index in [1.54, 1.807) is 0 Å². The standard InChI is InChI=1S/C8H20N2/c1-4-7(3)8(6-9)10-5-2/h7-8,10H,4-6,9H2,1-3H3. The number of nitrogens with two attached hydrogens (primary N) is 1. The SMILES string of the molecule is CCNC(CN)C(C)CC. The number of hydrogen-bond acceptors (Lipinski definition) is 2. The van der Waals surface area contributed by atoms with E-state index in [1.807, 2.05) is 0 Å². The zero-order valence-electron chi connectivity index (χ0n) is 7.35. The molecule has 0 aromatic heterocycles. The first-order chi connectivity index (χ1) is 4.76. The van der Waals surface area contributed by atoms with Crippen LogP contribution in [0.5, 0.6) is 0 Å². The third kappa shape index (κ3) is 3.18. The minimum absolute atomic E-state index is 0.509. The molecule has 0 spiro atoms. The summed E-state index contributed by atoms with van der Waals surface area (Å²) in [4.78, 5) is 0. The molecule has 2 heteroatoms. The lowest BCUT2D eigenvalue weighted by Gasteiger charge is -2.21. The smallest absolute Gasteiger partial charge is 0.0215 e. The van der Waals surface area contributed by atoms with Crippen molar-refractivity contribution in [2.24, 2.45) is 11.7 Å². The first-order valence-electron chi connectivity index (χ1n) is 4.19. The van der Waals surface area contributed by atoms with Crippen molar-refractivity contribution in [3.8, 4) is 0 Å². The molecule has 0 saturated heterocycles. The molecular formula is C8H20N2. The van der Waals surface area contributed by atoms with Gasteiger partial charge in [0.25, 0.3) is 0 Å². The Labute approximate surface area is 64.2 Å². The molecule has 62 valence electrons. The van der Waals surface area contributed by atoms with Gasteiger partial charge >= 0.3 is 0 Å². The van der Waals surface area contributed by atoms with Crippen molar-refractivity contribution < 1.29 is 0 Å². The largest absolute Gasteiger partial charge is 0.329 e. The highest BCUT2D eigenvalue weighted by Gasteiger charge is 2.11. The molecule has 2 unspecified atom stereocenters. The number of likely N-dealkylation sites (N-methyl/N-ethyl adjacent to an activating group) is 1. The third-order valence-corrected chi connectivity index (χ3v) is 2.05. The highest BCUT2D eigenvalue weighted by atomic mass is 14.9. The molecule has 0 aliphatic rings. The van der Waals surface area contributed by atoms with E-state index in [1.165, 1.54) is 6.42 Å². The Bertz CT molecular complexity index is 73.7. The lowest BCUT2D eigenvalue weighted by Crippen LogP contribution is -2.40. The molecule has 0 aromatic rings. The fourth-order valence-corrected chi connectivity index (χ4v) is 1.06. The van der Waals surface area contributed by atoms with Crippen LogP contribution in [0.2, 0.25) is 0 Å². The predicted molar refractivity (Wildman–Crippen MR) is 46.0 cm³/mol. The average Bonchev–Trinajstić information content (AvgIpc) is 1.99. The third-order valence-electron chi connectivity index (χ3n) is 2.05. The summed E-state index contributed by atoms with van der Waals surface area (Å²) >= 11 is 0. The van der Waals surface area contributed by atoms with Crippen molar-refractivity contribution in [1.29, 1.82) is 0 Å². The molecule has 3 N–H and O–H groups in total. The number of hydrogen-bond donors (Lipinski definition) is 2. The van der Waals surface area contributed by atoms with Crippen molar-refractivity contribution in [3.05, 3.63) is 0 Å². The molecule has 0 saturated carbocycles. The normalized spacial score (nSPS) is 16.8. The van der Waals surface area contributed by atoms with Gasteiger partial charge in [0.2, 0.25) is 0 Å². The molecule has 0 aliphatic heterocycles. The summed E-state index contributed by atoms with van der Waals surface area (Å²) in [5.74, 6) is 0.699. The van der Waals surface area contributed by atoms with E-state index in [0.717, 1.165) is 13.1 Å². The van der Waals surface area contributed by atoms with Crippen molar-refractivity contribution in [2.75, 3.05) is 13.1 Å². The van der Waals surface area contributed by atoms with Gasteiger partial charge in [0.05, 0.1) is 0 Å². The highest BCUT2D eigenvalue weighted by Crippen LogP contribution is 2.05. The van der Waals surface area contributed by atoms with Gasteiger partial charge < -0.3 is 11.1 Å². The van der Waals surface area contributed by atoms with E-state index in [4.69, 9.17) is 5.73 Å². The lowest BCUT2D eigenvalue weighted by molar-refractivity contribution is 0.380. The van der Waals surface area contributed by atoms with Crippen LogP contribution in [0, 0.1) is 5.92 Å². The fraction of sp³-hybridized carbons (Fsp3) is 1.00. The van der Waals surface area contributed by atoms with Crippen LogP contribution in [0.3, 0.4) is 0 Å². The van der Waals surface area contributed by atoms with Gasteiger partial charge in [0.1, 0.15) is 0 Å². The van der Waals surface area contributed by atoms with Gasteiger partial charge in [-0.05, 0) is 12.5 Å². The second-order valence-electron chi connectivity index (χ2n) is 2.79. The van der Waals surface area contributed by atoms with Crippen molar-refractivity contribution in [2.45, 2.75) is 33.2 Å². The van der Waals surface area contributed by atoms with Crippen LogP contribution >= 0.6 is 0 Å². The van der Waals surface area contributed by atoms with Crippen LogP contribution in [-0.4, -0.2) is 19.1 Å². The molecule has 2 nitrogen and oxygen atoms in total. The van der Waals surface area contributed by atoms with E-state index in [0.29, 0.717) is 12.0 Å². The molecule has 0 heterocycles. The van der Waals surface area contributed by atoms with E-state index < -0.39 is 0 Å². The van der Waals surface area contributed by atoms with Crippen LogP contribution in [0.15, 0.2) is 0 Å². The van der Waals surface area contributed by atoms with Gasteiger partial charge in [0.15, 0.2) is 0 Å². The first-order valence-corrected chi connectivity index (χ1v) is 4.19. The molecule has 2 atom stereocenters. The maximum Gasteiger partial charge on any atom is 0.0215 e. The molecule has 0 aromatic carbocycles. The topological polar surface area (TPSA) is 38.0 Å². The van der Waals surface area contributed by atoms with Gasteiger partial charge in [0, 0.05) is 12.6 Å². The monoisotopic (exact) mass is 144 g/mol. The Kier molecular flexibility index (Phi) is 5.64. The summed E-state index contributed by atoms with van der Waals surface area (Å²) in [6, 6.07) is 0.509. The zero-order chi connectivity index (χ0) is 7.98. The van der Waals surface area contributed by atoms with E-state index in [2.05, 4.69) is 26.1 Å². The minimum Gasteiger partial charge on any atom is -0.329 e. The van der Waals surface area contributed by atoms with E-state index in [9.17, 15) is 0 Å². The quantitative estimate of drug-likeness (QED) is 0.603. The minimum atomic E-state index is 0.509. The second kappa shape index (κ2) is 5.69. The molecular weight excluding hydrogens is 124 g/mol. The Hall–Kier alpha value is -0.0800. The average molecular weight is 144 g/mol. The summed E-state index contributed by atoms with van der Waals surface area (Å²) < 4.78 is 0. The Morgan fingerprint density at radius 3 is 2.30 bits per heavy atom. The van der Waals surface area contributed by atoms with Crippen molar-refractivity contribution >= 4 is 0 Å². The Balaban J connectivity index is 3.56. The number of rotatable bonds is 5. The van der Waals surface area contributed by atoms with E-state index in [-0.39, 0.29) is 0 Å².